The molecule has 1 N–H and O–H groups in total. The molecular formula is C19H17FO3S. The fourth-order valence-corrected chi connectivity index (χ4v) is 4.06. The van der Waals surface area contributed by atoms with Crippen LogP contribution < -0.4 is 4.74 Å². The van der Waals surface area contributed by atoms with Gasteiger partial charge in [-0.05, 0) is 49.2 Å². The molecule has 24 heavy (non-hydrogen) atoms. The molecule has 0 radical (unpaired) electrons. The second-order valence-electron chi connectivity index (χ2n) is 5.89. The number of benzene rings is 2. The maximum atomic E-state index is 13.8. The third-order valence-electron chi connectivity index (χ3n) is 4.19. The molecular weight excluding hydrogens is 327 g/mol. The molecule has 5 heteroatoms. The standard InChI is InChI=1S/C19H17FO3S/c20-12-6-7-17(23-11-13-3-2-8-22-13)15(9-12)19-10-14-16(21)4-1-5-18(14)24-19/h1,4-7,9-10,13,21H,2-3,8,11H2. The van der Waals surface area contributed by atoms with Gasteiger partial charge in [-0.2, -0.15) is 0 Å². The maximum Gasteiger partial charge on any atom is 0.128 e. The van der Waals surface area contributed by atoms with Gasteiger partial charge in [-0.1, -0.05) is 6.07 Å². The Morgan fingerprint density at radius 2 is 2.17 bits per heavy atom. The highest BCUT2D eigenvalue weighted by Crippen LogP contribution is 2.41. The maximum absolute atomic E-state index is 13.8. The summed E-state index contributed by atoms with van der Waals surface area (Å²) in [5.74, 6) is 0.558. The molecule has 0 spiro atoms. The highest BCUT2D eigenvalue weighted by Gasteiger charge is 2.18. The number of thiophene rings is 1. The molecule has 0 bridgehead atoms. The van der Waals surface area contributed by atoms with Crippen LogP contribution in [0.1, 0.15) is 12.8 Å². The minimum atomic E-state index is -0.309. The first-order chi connectivity index (χ1) is 11.7. The monoisotopic (exact) mass is 344 g/mol. The zero-order valence-electron chi connectivity index (χ0n) is 13.0. The molecule has 2 aromatic carbocycles. The summed E-state index contributed by atoms with van der Waals surface area (Å²) in [6, 6.07) is 11.8. The Hall–Kier alpha value is -2.11. The van der Waals surface area contributed by atoms with Crippen LogP contribution in [0.5, 0.6) is 11.5 Å². The molecule has 0 aliphatic carbocycles. The topological polar surface area (TPSA) is 38.7 Å². The molecule has 2 heterocycles. The minimum absolute atomic E-state index is 0.106. The van der Waals surface area contributed by atoms with Gasteiger partial charge in [0.1, 0.15) is 23.9 Å². The molecule has 1 atom stereocenters. The summed E-state index contributed by atoms with van der Waals surface area (Å²) in [6.45, 7) is 1.24. The Morgan fingerprint density at radius 1 is 1.25 bits per heavy atom. The Labute approximate surface area is 143 Å². The van der Waals surface area contributed by atoms with Crippen molar-refractivity contribution < 1.29 is 19.0 Å². The zero-order valence-corrected chi connectivity index (χ0v) is 13.8. The third-order valence-corrected chi connectivity index (χ3v) is 5.33. The molecule has 1 aliphatic rings. The summed E-state index contributed by atoms with van der Waals surface area (Å²) >= 11 is 1.51. The average Bonchev–Trinajstić information content (AvgIpc) is 3.23. The summed E-state index contributed by atoms with van der Waals surface area (Å²) in [5, 5.41) is 10.8. The summed E-state index contributed by atoms with van der Waals surface area (Å²) in [5.41, 5.74) is 0.702. The highest BCUT2D eigenvalue weighted by molar-refractivity contribution is 7.22. The van der Waals surface area contributed by atoms with Crippen LogP contribution >= 0.6 is 11.3 Å². The first kappa shape index (κ1) is 15.4. The number of phenols is 1. The molecule has 124 valence electrons. The second-order valence-corrected chi connectivity index (χ2v) is 6.97. The van der Waals surface area contributed by atoms with Gasteiger partial charge in [0.15, 0.2) is 0 Å². The molecule has 1 aromatic heterocycles. The third kappa shape index (κ3) is 2.97. The van der Waals surface area contributed by atoms with E-state index in [1.165, 1.54) is 23.5 Å². The zero-order chi connectivity index (χ0) is 16.5. The number of phenolic OH excluding ortho intramolecular Hbond substituents is 1. The molecule has 3 nitrogen and oxygen atoms in total. The highest BCUT2D eigenvalue weighted by atomic mass is 32.1. The summed E-state index contributed by atoms with van der Waals surface area (Å²) in [6.07, 6.45) is 2.15. The molecule has 1 unspecified atom stereocenters. The number of fused-ring (bicyclic) bond motifs is 1. The van der Waals surface area contributed by atoms with E-state index in [0.29, 0.717) is 17.9 Å². The van der Waals surface area contributed by atoms with Crippen molar-refractivity contribution in [3.63, 3.8) is 0 Å². The number of hydrogen-bond acceptors (Lipinski definition) is 4. The van der Waals surface area contributed by atoms with E-state index >= 15 is 0 Å². The van der Waals surface area contributed by atoms with Crippen LogP contribution in [0.25, 0.3) is 20.5 Å². The van der Waals surface area contributed by atoms with E-state index in [2.05, 4.69) is 0 Å². The average molecular weight is 344 g/mol. The van der Waals surface area contributed by atoms with Crippen molar-refractivity contribution in [2.75, 3.05) is 13.2 Å². The predicted octanol–water partition coefficient (Wildman–Crippen LogP) is 4.97. The van der Waals surface area contributed by atoms with E-state index in [-0.39, 0.29) is 17.7 Å². The van der Waals surface area contributed by atoms with E-state index in [9.17, 15) is 9.50 Å². The molecule has 4 rings (SSSR count). The predicted molar refractivity (Wildman–Crippen MR) is 93.4 cm³/mol. The van der Waals surface area contributed by atoms with Gasteiger partial charge < -0.3 is 14.6 Å². The van der Waals surface area contributed by atoms with E-state index in [1.54, 1.807) is 18.2 Å². The molecule has 3 aromatic rings. The summed E-state index contributed by atoms with van der Waals surface area (Å²) in [7, 11) is 0. The van der Waals surface area contributed by atoms with Crippen molar-refractivity contribution in [1.29, 1.82) is 0 Å². The van der Waals surface area contributed by atoms with Crippen LogP contribution in [0.15, 0.2) is 42.5 Å². The van der Waals surface area contributed by atoms with Crippen LogP contribution in [-0.2, 0) is 4.74 Å². The quantitative estimate of drug-likeness (QED) is 0.726. The van der Waals surface area contributed by atoms with Crippen LogP contribution in [0.2, 0.25) is 0 Å². The van der Waals surface area contributed by atoms with E-state index in [1.807, 2.05) is 12.1 Å². The smallest absolute Gasteiger partial charge is 0.128 e. The van der Waals surface area contributed by atoms with Gasteiger partial charge in [-0.3, -0.25) is 0 Å². The van der Waals surface area contributed by atoms with Crippen LogP contribution in [0.3, 0.4) is 0 Å². The van der Waals surface area contributed by atoms with Gasteiger partial charge in [0.25, 0.3) is 0 Å². The first-order valence-electron chi connectivity index (χ1n) is 7.96. The summed E-state index contributed by atoms with van der Waals surface area (Å²) in [4.78, 5) is 0.869. The normalized spacial score (nSPS) is 17.5. The van der Waals surface area contributed by atoms with Gasteiger partial charge >= 0.3 is 0 Å². The fraction of sp³-hybridized carbons (Fsp3) is 0.263. The second kappa shape index (κ2) is 6.42. The lowest BCUT2D eigenvalue weighted by molar-refractivity contribution is 0.0681. The number of aromatic hydroxyl groups is 1. The number of halogens is 1. The van der Waals surface area contributed by atoms with Crippen molar-refractivity contribution in [2.45, 2.75) is 18.9 Å². The van der Waals surface area contributed by atoms with Crippen LogP contribution in [-0.4, -0.2) is 24.4 Å². The largest absolute Gasteiger partial charge is 0.507 e. The summed E-state index contributed by atoms with van der Waals surface area (Å²) < 4.78 is 26.2. The van der Waals surface area contributed by atoms with E-state index in [0.717, 1.165) is 34.4 Å². The minimum Gasteiger partial charge on any atom is -0.507 e. The van der Waals surface area contributed by atoms with Crippen molar-refractivity contribution >= 4 is 21.4 Å². The van der Waals surface area contributed by atoms with E-state index < -0.39 is 0 Å². The van der Waals surface area contributed by atoms with Gasteiger partial charge in [-0.25, -0.2) is 4.39 Å². The number of ether oxygens (including phenoxy) is 2. The Balaban J connectivity index is 1.69. The lowest BCUT2D eigenvalue weighted by Gasteiger charge is -2.14. The fourth-order valence-electron chi connectivity index (χ4n) is 2.96. The van der Waals surface area contributed by atoms with Crippen molar-refractivity contribution in [3.8, 4) is 21.9 Å². The first-order valence-corrected chi connectivity index (χ1v) is 8.78. The SMILES string of the molecule is Oc1cccc2sc(-c3cc(F)ccc3OCC3CCCO3)cc12. The van der Waals surface area contributed by atoms with Crippen molar-refractivity contribution in [3.05, 3.63) is 48.3 Å². The van der Waals surface area contributed by atoms with Crippen LogP contribution in [0, 0.1) is 5.82 Å². The molecule has 0 amide bonds. The Morgan fingerprint density at radius 3 is 2.96 bits per heavy atom. The van der Waals surface area contributed by atoms with E-state index in [4.69, 9.17) is 9.47 Å². The molecule has 1 saturated heterocycles. The van der Waals surface area contributed by atoms with Crippen molar-refractivity contribution in [2.24, 2.45) is 0 Å². The number of hydrogen-bond donors (Lipinski definition) is 1. The van der Waals surface area contributed by atoms with Crippen LogP contribution in [0.4, 0.5) is 4.39 Å². The van der Waals surface area contributed by atoms with Gasteiger partial charge in [0.2, 0.25) is 0 Å². The molecule has 1 aliphatic heterocycles. The van der Waals surface area contributed by atoms with Crippen molar-refractivity contribution in [1.82, 2.24) is 0 Å². The van der Waals surface area contributed by atoms with Gasteiger partial charge in [0, 0.05) is 27.1 Å². The van der Waals surface area contributed by atoms with Gasteiger partial charge in [0.05, 0.1) is 6.10 Å². The lowest BCUT2D eigenvalue weighted by atomic mass is 10.1. The van der Waals surface area contributed by atoms with Gasteiger partial charge in [-0.15, -0.1) is 11.3 Å². The molecule has 1 fully saturated rings. The Bertz CT molecular complexity index is 868. The number of rotatable bonds is 4. The Kier molecular flexibility index (Phi) is 4.12. The molecule has 0 saturated carbocycles. The lowest BCUT2D eigenvalue weighted by Crippen LogP contribution is -2.16.